The molecule has 1 heterocycles. The van der Waals surface area contributed by atoms with Gasteiger partial charge in [0.15, 0.2) is 11.5 Å². The van der Waals surface area contributed by atoms with Gasteiger partial charge in [-0.1, -0.05) is 17.7 Å². The van der Waals surface area contributed by atoms with Crippen molar-refractivity contribution in [3.63, 3.8) is 0 Å². The van der Waals surface area contributed by atoms with E-state index >= 15 is 0 Å². The highest BCUT2D eigenvalue weighted by molar-refractivity contribution is 6.29. The molecule has 0 spiro atoms. The Morgan fingerprint density at radius 1 is 1.00 bits per heavy atom. The van der Waals surface area contributed by atoms with Crippen molar-refractivity contribution in [2.45, 2.75) is 6.54 Å². The van der Waals surface area contributed by atoms with Crippen LogP contribution in [0.3, 0.4) is 0 Å². The molecular formula is C15H17ClN2O3. The summed E-state index contributed by atoms with van der Waals surface area (Å²) < 4.78 is 15.9. The number of methoxy groups -OCH3 is 3. The second-order valence-electron chi connectivity index (χ2n) is 4.22. The number of pyridine rings is 1. The molecule has 112 valence electrons. The second-order valence-corrected chi connectivity index (χ2v) is 4.61. The first-order valence-corrected chi connectivity index (χ1v) is 6.71. The number of nitrogens with zero attached hydrogens (tertiary/aromatic N) is 1. The van der Waals surface area contributed by atoms with Crippen LogP contribution in [0.15, 0.2) is 30.3 Å². The van der Waals surface area contributed by atoms with Gasteiger partial charge in [-0.15, -0.1) is 0 Å². The highest BCUT2D eigenvalue weighted by Gasteiger charge is 2.11. The monoisotopic (exact) mass is 308 g/mol. The number of anilines is 1. The lowest BCUT2D eigenvalue weighted by Gasteiger charge is -2.14. The zero-order chi connectivity index (χ0) is 15.2. The van der Waals surface area contributed by atoms with E-state index in [1.165, 1.54) is 0 Å². The number of benzene rings is 1. The van der Waals surface area contributed by atoms with E-state index in [1.807, 2.05) is 18.2 Å². The minimum absolute atomic E-state index is 0.444. The van der Waals surface area contributed by atoms with E-state index < -0.39 is 0 Å². The number of halogens is 1. The number of hydrogen-bond donors (Lipinski definition) is 1. The fourth-order valence-corrected chi connectivity index (χ4v) is 2.09. The maximum absolute atomic E-state index is 5.86. The number of aromatic nitrogens is 1. The van der Waals surface area contributed by atoms with Crippen molar-refractivity contribution in [3.05, 3.63) is 41.0 Å². The minimum atomic E-state index is 0.444. The predicted octanol–water partition coefficient (Wildman–Crippen LogP) is 3.37. The van der Waals surface area contributed by atoms with Gasteiger partial charge in [0.05, 0.1) is 21.3 Å². The van der Waals surface area contributed by atoms with E-state index in [-0.39, 0.29) is 0 Å². The van der Waals surface area contributed by atoms with Crippen molar-refractivity contribution in [1.82, 2.24) is 4.98 Å². The van der Waals surface area contributed by atoms with Gasteiger partial charge in [0, 0.05) is 18.2 Å². The van der Waals surface area contributed by atoms with Crippen LogP contribution >= 0.6 is 11.6 Å². The molecule has 0 fully saturated rings. The molecule has 0 aliphatic heterocycles. The maximum Gasteiger partial charge on any atom is 0.164 e. The molecule has 0 aliphatic carbocycles. The fraction of sp³-hybridized carbons (Fsp3) is 0.267. The molecule has 2 aromatic rings. The molecular weight excluding hydrogens is 292 g/mol. The summed E-state index contributed by atoms with van der Waals surface area (Å²) in [5.74, 6) is 2.68. The summed E-state index contributed by atoms with van der Waals surface area (Å²) in [6, 6.07) is 9.07. The summed E-state index contributed by atoms with van der Waals surface area (Å²) >= 11 is 5.86. The Balaban J connectivity index is 2.22. The molecule has 0 saturated heterocycles. The molecule has 1 aromatic carbocycles. The Morgan fingerprint density at radius 2 is 1.67 bits per heavy atom. The van der Waals surface area contributed by atoms with E-state index in [2.05, 4.69) is 10.3 Å². The third-order valence-electron chi connectivity index (χ3n) is 2.96. The maximum atomic E-state index is 5.86. The van der Waals surface area contributed by atoms with Gasteiger partial charge in [-0.3, -0.25) is 0 Å². The van der Waals surface area contributed by atoms with Gasteiger partial charge in [-0.2, -0.15) is 0 Å². The number of ether oxygens (including phenoxy) is 3. The molecule has 0 saturated carbocycles. The molecule has 0 aliphatic rings. The smallest absolute Gasteiger partial charge is 0.164 e. The normalized spacial score (nSPS) is 10.1. The zero-order valence-electron chi connectivity index (χ0n) is 12.1. The van der Waals surface area contributed by atoms with Crippen molar-refractivity contribution in [3.8, 4) is 17.2 Å². The van der Waals surface area contributed by atoms with Gasteiger partial charge in [-0.25, -0.2) is 4.98 Å². The molecule has 21 heavy (non-hydrogen) atoms. The summed E-state index contributed by atoms with van der Waals surface area (Å²) in [6.45, 7) is 0.525. The van der Waals surface area contributed by atoms with Crippen LogP contribution in [0.1, 0.15) is 5.56 Å². The van der Waals surface area contributed by atoms with Crippen LogP contribution in [0.25, 0.3) is 0 Å². The van der Waals surface area contributed by atoms with Crippen molar-refractivity contribution < 1.29 is 14.2 Å². The molecule has 1 N–H and O–H groups in total. The molecule has 0 bridgehead atoms. The van der Waals surface area contributed by atoms with Crippen molar-refractivity contribution >= 4 is 17.4 Å². The molecule has 0 atom stereocenters. The summed E-state index contributed by atoms with van der Waals surface area (Å²) in [6.07, 6.45) is 0. The molecule has 1 aromatic heterocycles. The Hall–Kier alpha value is -2.14. The predicted molar refractivity (Wildman–Crippen MR) is 82.7 cm³/mol. The minimum Gasteiger partial charge on any atom is -0.496 e. The highest BCUT2D eigenvalue weighted by atomic mass is 35.5. The van der Waals surface area contributed by atoms with Crippen LogP contribution < -0.4 is 19.5 Å². The number of nitrogens with one attached hydrogen (secondary N) is 1. The standard InChI is InChI=1S/C15H17ClN2O3/c1-19-11-8-13(21-3)12(20-2)7-10(11)9-17-15-6-4-5-14(16)18-15/h4-8H,9H2,1-3H3,(H,17,18). The fourth-order valence-electron chi connectivity index (χ4n) is 1.92. The quantitative estimate of drug-likeness (QED) is 0.829. The van der Waals surface area contributed by atoms with Crippen molar-refractivity contribution in [1.29, 1.82) is 0 Å². The second kappa shape index (κ2) is 7.04. The van der Waals surface area contributed by atoms with E-state index in [1.54, 1.807) is 33.5 Å². The van der Waals surface area contributed by atoms with Crippen LogP contribution in [-0.2, 0) is 6.54 Å². The lowest BCUT2D eigenvalue weighted by Crippen LogP contribution is -2.04. The van der Waals surface area contributed by atoms with E-state index in [0.29, 0.717) is 34.8 Å². The highest BCUT2D eigenvalue weighted by Crippen LogP contribution is 2.34. The van der Waals surface area contributed by atoms with Crippen LogP contribution in [0.2, 0.25) is 5.15 Å². The third-order valence-corrected chi connectivity index (χ3v) is 3.17. The van der Waals surface area contributed by atoms with Gasteiger partial charge in [0.25, 0.3) is 0 Å². The Morgan fingerprint density at radius 3 is 2.29 bits per heavy atom. The van der Waals surface area contributed by atoms with Crippen LogP contribution in [0.5, 0.6) is 17.2 Å². The summed E-state index contributed by atoms with van der Waals surface area (Å²) in [7, 11) is 4.80. The summed E-state index contributed by atoms with van der Waals surface area (Å²) in [5.41, 5.74) is 0.928. The molecule has 0 amide bonds. The zero-order valence-corrected chi connectivity index (χ0v) is 12.9. The van der Waals surface area contributed by atoms with Gasteiger partial charge in [0.2, 0.25) is 0 Å². The molecule has 5 nitrogen and oxygen atoms in total. The van der Waals surface area contributed by atoms with Crippen LogP contribution in [0, 0.1) is 0 Å². The summed E-state index contributed by atoms with van der Waals surface area (Å²) in [5, 5.41) is 3.64. The largest absolute Gasteiger partial charge is 0.496 e. The molecule has 0 unspecified atom stereocenters. The first-order chi connectivity index (χ1) is 10.2. The Kier molecular flexibility index (Phi) is 5.11. The van der Waals surface area contributed by atoms with Gasteiger partial charge in [0.1, 0.15) is 16.7 Å². The van der Waals surface area contributed by atoms with Crippen LogP contribution in [0.4, 0.5) is 5.82 Å². The van der Waals surface area contributed by atoms with E-state index in [9.17, 15) is 0 Å². The molecule has 0 radical (unpaired) electrons. The van der Waals surface area contributed by atoms with Crippen LogP contribution in [-0.4, -0.2) is 26.3 Å². The first kappa shape index (κ1) is 15.3. The van der Waals surface area contributed by atoms with E-state index in [0.717, 1.165) is 5.56 Å². The number of rotatable bonds is 6. The molecule has 6 heteroatoms. The number of hydrogen-bond acceptors (Lipinski definition) is 5. The van der Waals surface area contributed by atoms with Crippen molar-refractivity contribution in [2.24, 2.45) is 0 Å². The third kappa shape index (κ3) is 3.70. The average molecular weight is 309 g/mol. The molecule has 2 rings (SSSR count). The Labute approximate surface area is 128 Å². The van der Waals surface area contributed by atoms with Gasteiger partial charge >= 0.3 is 0 Å². The lowest BCUT2D eigenvalue weighted by atomic mass is 10.1. The van der Waals surface area contributed by atoms with Gasteiger partial charge < -0.3 is 19.5 Å². The van der Waals surface area contributed by atoms with Crippen molar-refractivity contribution in [2.75, 3.05) is 26.6 Å². The van der Waals surface area contributed by atoms with Gasteiger partial charge in [-0.05, 0) is 18.2 Å². The summed E-state index contributed by atoms with van der Waals surface area (Å²) in [4.78, 5) is 4.18. The Bertz CT molecular complexity index is 620. The van der Waals surface area contributed by atoms with E-state index in [4.69, 9.17) is 25.8 Å². The first-order valence-electron chi connectivity index (χ1n) is 6.33. The lowest BCUT2D eigenvalue weighted by molar-refractivity contribution is 0.347. The topological polar surface area (TPSA) is 52.6 Å². The average Bonchev–Trinajstić information content (AvgIpc) is 2.52. The SMILES string of the molecule is COc1cc(OC)c(OC)cc1CNc1cccc(Cl)n1.